The average molecular weight is 422 g/mol. The molecule has 0 radical (unpaired) electrons. The van der Waals surface area contributed by atoms with E-state index in [-0.39, 0.29) is 6.04 Å². The molecule has 2 N–H and O–H groups in total. The number of nitrogens with two attached hydrogens (primary N) is 1. The third-order valence-electron chi connectivity index (χ3n) is 4.57. The van der Waals surface area contributed by atoms with Crippen LogP contribution in [0.3, 0.4) is 0 Å². The standard InChI is InChI=1S/C22H23N5O2S/c1-13(2)26-21(25-12-23)22-27-20-16-10-14(15-5-7-19(28-3)24-11-15)4-6-17(16)29-9-8-18(20)30-22/h4-7,10-13H,8-9H2,1-3H3,(H2,23,25,26). The largest absolute Gasteiger partial charge is 0.493 e. The summed E-state index contributed by atoms with van der Waals surface area (Å²) in [5.41, 5.74) is 9.44. The Labute approximate surface area is 179 Å². The molecule has 0 spiro atoms. The number of amidine groups is 1. The lowest BCUT2D eigenvalue weighted by atomic mass is 10.0. The molecule has 0 aliphatic carbocycles. The van der Waals surface area contributed by atoms with Crippen LogP contribution in [0, 0.1) is 0 Å². The second-order valence-corrected chi connectivity index (χ2v) is 8.10. The van der Waals surface area contributed by atoms with E-state index in [1.807, 2.05) is 38.1 Å². The van der Waals surface area contributed by atoms with Gasteiger partial charge in [-0.3, -0.25) is 4.99 Å². The van der Waals surface area contributed by atoms with Crippen molar-refractivity contribution in [2.45, 2.75) is 26.3 Å². The summed E-state index contributed by atoms with van der Waals surface area (Å²) in [6.45, 7) is 4.60. The van der Waals surface area contributed by atoms with E-state index in [2.05, 4.69) is 21.0 Å². The molecule has 4 rings (SSSR count). The third-order valence-corrected chi connectivity index (χ3v) is 5.68. The quantitative estimate of drug-likeness (QED) is 0.508. The van der Waals surface area contributed by atoms with Crippen LogP contribution in [0.5, 0.6) is 11.6 Å². The molecule has 1 aliphatic heterocycles. The SMILES string of the molecule is COc1ccc(-c2ccc3c(c2)-c2nc(C(N=CN)=NC(C)C)sc2CCO3)cn1. The highest BCUT2D eigenvalue weighted by molar-refractivity contribution is 7.14. The van der Waals surface area contributed by atoms with Crippen LogP contribution in [0.25, 0.3) is 22.4 Å². The number of thiazole rings is 1. The highest BCUT2D eigenvalue weighted by Crippen LogP contribution is 2.40. The number of pyridine rings is 1. The summed E-state index contributed by atoms with van der Waals surface area (Å²) >= 11 is 1.59. The van der Waals surface area contributed by atoms with Crippen molar-refractivity contribution >= 4 is 23.5 Å². The second kappa shape index (κ2) is 8.62. The zero-order valence-corrected chi connectivity index (χ0v) is 17.9. The Morgan fingerprint density at radius 3 is 2.80 bits per heavy atom. The van der Waals surface area contributed by atoms with E-state index in [4.69, 9.17) is 20.2 Å². The number of benzene rings is 1. The fourth-order valence-electron chi connectivity index (χ4n) is 3.23. The smallest absolute Gasteiger partial charge is 0.212 e. The van der Waals surface area contributed by atoms with Gasteiger partial charge in [-0.2, -0.15) is 0 Å². The number of aliphatic imine (C=N–C) groups is 2. The van der Waals surface area contributed by atoms with Gasteiger partial charge in [0.15, 0.2) is 10.8 Å². The predicted molar refractivity (Wildman–Crippen MR) is 121 cm³/mol. The summed E-state index contributed by atoms with van der Waals surface area (Å²) in [4.78, 5) is 19.2. The van der Waals surface area contributed by atoms with Crippen LogP contribution in [-0.4, -0.2) is 41.9 Å². The predicted octanol–water partition coefficient (Wildman–Crippen LogP) is 3.96. The molecule has 0 unspecified atom stereocenters. The molecule has 2 aromatic heterocycles. The molecule has 3 aromatic rings. The van der Waals surface area contributed by atoms with Gasteiger partial charge in [0.25, 0.3) is 0 Å². The highest BCUT2D eigenvalue weighted by atomic mass is 32.1. The van der Waals surface area contributed by atoms with Crippen molar-refractivity contribution in [2.24, 2.45) is 15.7 Å². The molecular weight excluding hydrogens is 398 g/mol. The highest BCUT2D eigenvalue weighted by Gasteiger charge is 2.23. The number of rotatable bonds is 4. The molecule has 0 saturated carbocycles. The number of ether oxygens (including phenoxy) is 2. The topological polar surface area (TPSA) is 95.0 Å². The molecule has 1 aromatic carbocycles. The Morgan fingerprint density at radius 1 is 1.27 bits per heavy atom. The minimum absolute atomic E-state index is 0.0946. The van der Waals surface area contributed by atoms with E-state index >= 15 is 0 Å². The maximum atomic E-state index is 5.98. The van der Waals surface area contributed by atoms with Gasteiger partial charge in [-0.15, -0.1) is 11.3 Å². The molecule has 0 fully saturated rings. The molecule has 0 saturated heterocycles. The lowest BCUT2D eigenvalue weighted by molar-refractivity contribution is 0.327. The van der Waals surface area contributed by atoms with Gasteiger partial charge in [-0.25, -0.2) is 15.0 Å². The summed E-state index contributed by atoms with van der Waals surface area (Å²) in [5.74, 6) is 1.96. The number of fused-ring (bicyclic) bond motifs is 3. The molecule has 0 bridgehead atoms. The van der Waals surface area contributed by atoms with Crippen LogP contribution in [0.4, 0.5) is 0 Å². The van der Waals surface area contributed by atoms with E-state index in [9.17, 15) is 0 Å². The van der Waals surface area contributed by atoms with Gasteiger partial charge in [0.1, 0.15) is 5.75 Å². The van der Waals surface area contributed by atoms with Crippen molar-refractivity contribution in [1.29, 1.82) is 0 Å². The zero-order valence-electron chi connectivity index (χ0n) is 17.1. The van der Waals surface area contributed by atoms with Crippen LogP contribution in [0.1, 0.15) is 23.7 Å². The van der Waals surface area contributed by atoms with E-state index in [1.165, 1.54) is 6.34 Å². The molecular formula is C22H23N5O2S. The Bertz CT molecular complexity index is 1100. The number of hydrogen-bond donors (Lipinski definition) is 1. The number of nitrogens with zero attached hydrogens (tertiary/aromatic N) is 4. The monoisotopic (exact) mass is 421 g/mol. The minimum atomic E-state index is 0.0946. The Morgan fingerprint density at radius 2 is 2.10 bits per heavy atom. The first kappa shape index (κ1) is 20.0. The first-order chi connectivity index (χ1) is 14.6. The summed E-state index contributed by atoms with van der Waals surface area (Å²) in [7, 11) is 1.61. The van der Waals surface area contributed by atoms with Crippen LogP contribution < -0.4 is 15.2 Å². The molecule has 7 nitrogen and oxygen atoms in total. The number of methoxy groups -OCH3 is 1. The van der Waals surface area contributed by atoms with Crippen molar-refractivity contribution in [2.75, 3.05) is 13.7 Å². The number of aromatic nitrogens is 2. The van der Waals surface area contributed by atoms with E-state index in [1.54, 1.807) is 24.6 Å². The first-order valence-corrected chi connectivity index (χ1v) is 10.5. The average Bonchev–Trinajstić information content (AvgIpc) is 3.10. The summed E-state index contributed by atoms with van der Waals surface area (Å²) < 4.78 is 11.1. The molecule has 1 aliphatic rings. The normalized spacial score (nSPS) is 13.7. The molecule has 30 heavy (non-hydrogen) atoms. The van der Waals surface area contributed by atoms with Crippen LogP contribution in [0.2, 0.25) is 0 Å². The van der Waals surface area contributed by atoms with E-state index in [0.717, 1.165) is 44.4 Å². The van der Waals surface area contributed by atoms with Gasteiger partial charge in [-0.1, -0.05) is 6.07 Å². The molecule has 154 valence electrons. The molecule has 3 heterocycles. The van der Waals surface area contributed by atoms with Crippen molar-refractivity contribution in [1.82, 2.24) is 9.97 Å². The Hall–Kier alpha value is -3.26. The molecule has 8 heteroatoms. The lowest BCUT2D eigenvalue weighted by Crippen LogP contribution is -2.05. The summed E-state index contributed by atoms with van der Waals surface area (Å²) in [6.07, 6.45) is 3.84. The molecule has 0 amide bonds. The lowest BCUT2D eigenvalue weighted by Gasteiger charge is -2.10. The maximum Gasteiger partial charge on any atom is 0.212 e. The fourth-order valence-corrected chi connectivity index (χ4v) is 4.24. The Kier molecular flexibility index (Phi) is 5.76. The van der Waals surface area contributed by atoms with Crippen LogP contribution in [0.15, 0.2) is 46.5 Å². The summed E-state index contributed by atoms with van der Waals surface area (Å²) in [5, 5.41) is 0.764. The second-order valence-electron chi connectivity index (χ2n) is 7.01. The van der Waals surface area contributed by atoms with Crippen molar-refractivity contribution in [3.63, 3.8) is 0 Å². The maximum absolute atomic E-state index is 5.98. The van der Waals surface area contributed by atoms with E-state index in [0.29, 0.717) is 18.3 Å². The first-order valence-electron chi connectivity index (χ1n) is 9.69. The van der Waals surface area contributed by atoms with Gasteiger partial charge < -0.3 is 15.2 Å². The van der Waals surface area contributed by atoms with Gasteiger partial charge in [0.2, 0.25) is 5.88 Å². The Balaban J connectivity index is 1.79. The third kappa shape index (κ3) is 4.04. The fraction of sp³-hybridized carbons (Fsp3) is 0.273. The van der Waals surface area contributed by atoms with Gasteiger partial charge in [0, 0.05) is 40.7 Å². The van der Waals surface area contributed by atoms with Gasteiger partial charge in [0.05, 0.1) is 25.7 Å². The van der Waals surface area contributed by atoms with Gasteiger partial charge in [-0.05, 0) is 37.6 Å². The number of hydrogen-bond acceptors (Lipinski definition) is 6. The van der Waals surface area contributed by atoms with Crippen molar-refractivity contribution < 1.29 is 9.47 Å². The zero-order chi connectivity index (χ0) is 21.1. The van der Waals surface area contributed by atoms with Crippen LogP contribution in [-0.2, 0) is 6.42 Å². The minimum Gasteiger partial charge on any atom is -0.493 e. The molecule has 0 atom stereocenters. The van der Waals surface area contributed by atoms with Crippen molar-refractivity contribution in [3.8, 4) is 34.0 Å². The van der Waals surface area contributed by atoms with E-state index < -0.39 is 0 Å². The summed E-state index contributed by atoms with van der Waals surface area (Å²) in [6, 6.07) is 10.1. The van der Waals surface area contributed by atoms with Gasteiger partial charge >= 0.3 is 0 Å². The van der Waals surface area contributed by atoms with Crippen molar-refractivity contribution in [3.05, 3.63) is 46.4 Å². The van der Waals surface area contributed by atoms with Crippen LogP contribution >= 0.6 is 11.3 Å².